The Hall–Kier alpha value is -2.35. The summed E-state index contributed by atoms with van der Waals surface area (Å²) in [5, 5.41) is 13.3. The maximum Gasteiger partial charge on any atom is 0.173 e. The summed E-state index contributed by atoms with van der Waals surface area (Å²) in [5.41, 5.74) is 2.06. The fourth-order valence-electron chi connectivity index (χ4n) is 3.79. The third-order valence-electron chi connectivity index (χ3n) is 5.45. The molecule has 4 rings (SSSR count). The number of hydrogen-bond donors (Lipinski definition) is 0. The molecule has 2 aromatic carbocycles. The normalized spacial score (nSPS) is 16.8. The molecule has 0 spiro atoms. The first kappa shape index (κ1) is 19.9. The summed E-state index contributed by atoms with van der Waals surface area (Å²) in [6, 6.07) is 14.3. The van der Waals surface area contributed by atoms with Crippen molar-refractivity contribution in [3.8, 4) is 0 Å². The van der Waals surface area contributed by atoms with Crippen molar-refractivity contribution in [1.29, 1.82) is 0 Å². The highest BCUT2D eigenvalue weighted by molar-refractivity contribution is 6.30. The van der Waals surface area contributed by atoms with E-state index < -0.39 is 0 Å². The van der Waals surface area contributed by atoms with E-state index in [1.165, 1.54) is 12.1 Å². The number of tetrazole rings is 1. The third kappa shape index (κ3) is 4.63. The van der Waals surface area contributed by atoms with Crippen LogP contribution in [0.15, 0.2) is 48.5 Å². The average molecular weight is 415 g/mol. The summed E-state index contributed by atoms with van der Waals surface area (Å²) in [4.78, 5) is 4.86. The Bertz CT molecular complexity index is 919. The van der Waals surface area contributed by atoms with Gasteiger partial charge in [-0.15, -0.1) is 5.10 Å². The van der Waals surface area contributed by atoms with E-state index in [1.54, 1.807) is 16.8 Å². The van der Waals surface area contributed by atoms with Gasteiger partial charge in [0.05, 0.1) is 12.6 Å². The molecule has 8 heteroatoms. The molecule has 0 N–H and O–H groups in total. The lowest BCUT2D eigenvalue weighted by atomic mass is 10.0. The van der Waals surface area contributed by atoms with Crippen molar-refractivity contribution in [3.63, 3.8) is 0 Å². The zero-order valence-electron chi connectivity index (χ0n) is 16.4. The second-order valence-corrected chi connectivity index (χ2v) is 7.68. The molecule has 0 amide bonds. The summed E-state index contributed by atoms with van der Waals surface area (Å²) in [6.45, 7) is 7.63. The smallest absolute Gasteiger partial charge is 0.173 e. The van der Waals surface area contributed by atoms with Crippen LogP contribution in [0.1, 0.15) is 29.9 Å². The van der Waals surface area contributed by atoms with Crippen LogP contribution in [-0.2, 0) is 6.54 Å². The molecule has 0 radical (unpaired) electrons. The monoisotopic (exact) mass is 414 g/mol. The van der Waals surface area contributed by atoms with E-state index in [9.17, 15) is 4.39 Å². The summed E-state index contributed by atoms with van der Waals surface area (Å²) in [6.07, 6.45) is 0. The second-order valence-electron chi connectivity index (χ2n) is 7.25. The Labute approximate surface area is 174 Å². The van der Waals surface area contributed by atoms with Crippen molar-refractivity contribution in [2.45, 2.75) is 19.5 Å². The molecule has 152 valence electrons. The molecule has 0 bridgehead atoms. The van der Waals surface area contributed by atoms with E-state index in [0.717, 1.165) is 49.7 Å². The highest BCUT2D eigenvalue weighted by Gasteiger charge is 2.30. The van der Waals surface area contributed by atoms with E-state index >= 15 is 0 Å². The summed E-state index contributed by atoms with van der Waals surface area (Å²) in [7, 11) is 0. The van der Waals surface area contributed by atoms with Crippen LogP contribution in [0.4, 0.5) is 4.39 Å². The number of halogens is 2. The molecule has 1 unspecified atom stereocenters. The van der Waals surface area contributed by atoms with Gasteiger partial charge in [0, 0.05) is 31.2 Å². The Kier molecular flexibility index (Phi) is 6.18. The van der Waals surface area contributed by atoms with Crippen LogP contribution in [0.3, 0.4) is 0 Å². The number of rotatable bonds is 6. The van der Waals surface area contributed by atoms with Crippen LogP contribution in [0, 0.1) is 5.82 Å². The quantitative estimate of drug-likeness (QED) is 0.619. The Morgan fingerprint density at radius 1 is 1.00 bits per heavy atom. The minimum Gasteiger partial charge on any atom is -0.301 e. The van der Waals surface area contributed by atoms with Crippen LogP contribution in [0.25, 0.3) is 0 Å². The molecule has 3 aromatic rings. The summed E-state index contributed by atoms with van der Waals surface area (Å²) in [5.74, 6) is 0.528. The van der Waals surface area contributed by atoms with E-state index in [1.807, 2.05) is 24.3 Å². The minimum atomic E-state index is -0.251. The van der Waals surface area contributed by atoms with Crippen molar-refractivity contribution in [2.75, 3.05) is 32.7 Å². The summed E-state index contributed by atoms with van der Waals surface area (Å²) < 4.78 is 15.1. The van der Waals surface area contributed by atoms with Crippen LogP contribution >= 0.6 is 11.6 Å². The number of benzene rings is 2. The van der Waals surface area contributed by atoms with E-state index in [0.29, 0.717) is 11.6 Å². The van der Waals surface area contributed by atoms with Crippen molar-refractivity contribution in [1.82, 2.24) is 30.0 Å². The Morgan fingerprint density at radius 3 is 2.34 bits per heavy atom. The first-order chi connectivity index (χ1) is 14.1. The molecular weight excluding hydrogens is 391 g/mol. The first-order valence-corrected chi connectivity index (χ1v) is 10.2. The van der Waals surface area contributed by atoms with Crippen LogP contribution < -0.4 is 0 Å². The molecule has 0 saturated carbocycles. The molecule has 1 aromatic heterocycles. The van der Waals surface area contributed by atoms with Gasteiger partial charge in [0.15, 0.2) is 5.82 Å². The van der Waals surface area contributed by atoms with E-state index in [2.05, 4.69) is 32.2 Å². The van der Waals surface area contributed by atoms with Crippen molar-refractivity contribution in [3.05, 3.63) is 76.3 Å². The molecular formula is C21H24ClFN6. The van der Waals surface area contributed by atoms with E-state index in [4.69, 9.17) is 11.6 Å². The molecule has 0 aliphatic carbocycles. The van der Waals surface area contributed by atoms with Crippen molar-refractivity contribution >= 4 is 11.6 Å². The van der Waals surface area contributed by atoms with Gasteiger partial charge in [-0.25, -0.2) is 9.07 Å². The van der Waals surface area contributed by atoms with Crippen LogP contribution in [0.2, 0.25) is 5.02 Å². The maximum absolute atomic E-state index is 13.3. The van der Waals surface area contributed by atoms with Gasteiger partial charge in [-0.3, -0.25) is 4.90 Å². The predicted molar refractivity (Wildman–Crippen MR) is 110 cm³/mol. The minimum absolute atomic E-state index is 0.0679. The number of hydrogen-bond acceptors (Lipinski definition) is 5. The first-order valence-electron chi connectivity index (χ1n) is 9.86. The van der Waals surface area contributed by atoms with Gasteiger partial charge in [0.25, 0.3) is 0 Å². The molecule has 1 aliphatic heterocycles. The fraction of sp³-hybridized carbons (Fsp3) is 0.381. The molecule has 1 atom stereocenters. The third-order valence-corrected chi connectivity index (χ3v) is 5.71. The summed E-state index contributed by atoms with van der Waals surface area (Å²) >= 11 is 6.12. The average Bonchev–Trinajstić information content (AvgIpc) is 3.19. The lowest BCUT2D eigenvalue weighted by Crippen LogP contribution is -2.48. The van der Waals surface area contributed by atoms with Gasteiger partial charge in [-0.1, -0.05) is 42.8 Å². The molecule has 1 saturated heterocycles. The van der Waals surface area contributed by atoms with Gasteiger partial charge >= 0.3 is 0 Å². The maximum atomic E-state index is 13.3. The molecule has 1 fully saturated rings. The topological polar surface area (TPSA) is 50.1 Å². The second kappa shape index (κ2) is 8.98. The molecule has 6 nitrogen and oxygen atoms in total. The lowest BCUT2D eigenvalue weighted by molar-refractivity contribution is 0.108. The molecule has 29 heavy (non-hydrogen) atoms. The number of piperazine rings is 1. The number of likely N-dealkylation sites (N-methyl/N-ethyl adjacent to an activating group) is 1. The highest BCUT2D eigenvalue weighted by atomic mass is 35.5. The van der Waals surface area contributed by atoms with Crippen LogP contribution in [0.5, 0.6) is 0 Å². The van der Waals surface area contributed by atoms with Crippen molar-refractivity contribution < 1.29 is 4.39 Å². The van der Waals surface area contributed by atoms with Gasteiger partial charge in [0.2, 0.25) is 0 Å². The molecule has 1 aliphatic rings. The highest BCUT2D eigenvalue weighted by Crippen LogP contribution is 2.29. The Morgan fingerprint density at radius 2 is 1.69 bits per heavy atom. The van der Waals surface area contributed by atoms with Crippen molar-refractivity contribution in [2.24, 2.45) is 0 Å². The van der Waals surface area contributed by atoms with Gasteiger partial charge in [-0.05, 0) is 52.4 Å². The van der Waals surface area contributed by atoms with Gasteiger partial charge in [-0.2, -0.15) is 0 Å². The largest absolute Gasteiger partial charge is 0.301 e. The zero-order valence-corrected chi connectivity index (χ0v) is 17.1. The van der Waals surface area contributed by atoms with Gasteiger partial charge < -0.3 is 4.90 Å². The number of nitrogens with zero attached hydrogens (tertiary/aromatic N) is 6. The standard InChI is InChI=1S/C21H24ClFN6/c1-2-27-11-13-28(14-12-27)20(17-5-7-18(22)8-6-17)21-24-25-26-29(21)15-16-3-9-19(23)10-4-16/h3-10,20H,2,11-15H2,1H3. The lowest BCUT2D eigenvalue weighted by Gasteiger charge is -2.38. The SMILES string of the molecule is CCN1CCN(C(c2ccc(Cl)cc2)c2nnnn2Cc2ccc(F)cc2)CC1. The predicted octanol–water partition coefficient (Wildman–Crippen LogP) is 3.24. The zero-order chi connectivity index (χ0) is 20.2. The number of aromatic nitrogens is 4. The fourth-order valence-corrected chi connectivity index (χ4v) is 3.91. The van der Waals surface area contributed by atoms with Crippen LogP contribution in [-0.4, -0.2) is 62.7 Å². The van der Waals surface area contributed by atoms with Gasteiger partial charge in [0.1, 0.15) is 5.82 Å². The Balaban J connectivity index is 1.65. The van der Waals surface area contributed by atoms with E-state index in [-0.39, 0.29) is 11.9 Å². The molecule has 2 heterocycles.